The van der Waals surface area contributed by atoms with Crippen LogP contribution in [0.15, 0.2) is 5.16 Å². The molecule has 12 heteroatoms. The van der Waals surface area contributed by atoms with Crippen LogP contribution in [0.3, 0.4) is 0 Å². The van der Waals surface area contributed by atoms with Crippen LogP contribution in [-0.4, -0.2) is 28.5 Å². The highest BCUT2D eigenvalue weighted by atomic mass is 19.2. The molecule has 0 atom stereocenters. The lowest BCUT2D eigenvalue weighted by atomic mass is 10.3. The third-order valence-electron chi connectivity index (χ3n) is 2.07. The smallest absolute Gasteiger partial charge is 0.328 e. The summed E-state index contributed by atoms with van der Waals surface area (Å²) in [5.74, 6) is -12.4. The van der Waals surface area contributed by atoms with E-state index in [1.165, 1.54) is 0 Å². The average Bonchev–Trinajstić information content (AvgIpc) is 2.38. The number of urea groups is 1. The number of nitrogens with zero attached hydrogens (tertiary/aromatic N) is 2. The van der Waals surface area contributed by atoms with Gasteiger partial charge in [0, 0.05) is 0 Å². The van der Waals surface area contributed by atoms with Gasteiger partial charge >= 0.3 is 6.03 Å². The van der Waals surface area contributed by atoms with E-state index in [0.717, 1.165) is 0 Å². The minimum Gasteiger partial charge on any atom is -0.349 e. The number of rotatable bonds is 2. The Balaban J connectivity index is 2.35. The standard InChI is InChI=1S/C9H2F4N4O4/c10-1-4(2(11)6(13)14-5(1)12)21-17-3-7(18)15-9(20)16-8(3)19/h(H2,15,16,18,19,20). The second-order valence-corrected chi connectivity index (χ2v) is 3.42. The SMILES string of the molecule is O=C1NC(=O)C(=NOc2c(F)c(F)nc(F)c2F)C(=O)N1. The van der Waals surface area contributed by atoms with E-state index in [-0.39, 0.29) is 0 Å². The summed E-state index contributed by atoms with van der Waals surface area (Å²) in [7, 11) is 0. The van der Waals surface area contributed by atoms with Crippen molar-refractivity contribution in [2.24, 2.45) is 5.16 Å². The molecule has 0 radical (unpaired) electrons. The Hall–Kier alpha value is -3.05. The molecule has 2 heterocycles. The molecular formula is C9H2F4N4O4. The number of imide groups is 2. The summed E-state index contributed by atoms with van der Waals surface area (Å²) < 4.78 is 51.9. The molecule has 1 saturated heterocycles. The molecule has 1 fully saturated rings. The molecule has 0 saturated carbocycles. The number of hydrogen-bond donors (Lipinski definition) is 2. The molecule has 110 valence electrons. The number of barbiturate groups is 1. The molecule has 2 N–H and O–H groups in total. The molecule has 1 aromatic rings. The third-order valence-corrected chi connectivity index (χ3v) is 2.07. The van der Waals surface area contributed by atoms with Crippen molar-refractivity contribution in [3.05, 3.63) is 23.5 Å². The first-order chi connectivity index (χ1) is 9.81. The molecule has 0 unspecified atom stereocenters. The lowest BCUT2D eigenvalue weighted by Crippen LogP contribution is -2.56. The predicted molar refractivity (Wildman–Crippen MR) is 53.8 cm³/mol. The van der Waals surface area contributed by atoms with E-state index < -0.39 is 52.8 Å². The Bertz CT molecular complexity index is 657. The molecular weight excluding hydrogens is 304 g/mol. The van der Waals surface area contributed by atoms with Crippen molar-refractivity contribution in [1.29, 1.82) is 0 Å². The Morgan fingerprint density at radius 2 is 1.38 bits per heavy atom. The normalized spacial score (nSPS) is 14.7. The van der Waals surface area contributed by atoms with E-state index in [1.807, 2.05) is 0 Å². The van der Waals surface area contributed by atoms with Crippen LogP contribution in [0.1, 0.15) is 0 Å². The third kappa shape index (κ3) is 2.63. The highest BCUT2D eigenvalue weighted by Gasteiger charge is 2.31. The molecule has 1 aliphatic rings. The van der Waals surface area contributed by atoms with Crippen LogP contribution in [0, 0.1) is 23.5 Å². The van der Waals surface area contributed by atoms with Gasteiger partial charge in [0.1, 0.15) is 0 Å². The maximum Gasteiger partial charge on any atom is 0.328 e. The molecule has 0 bridgehead atoms. The molecule has 0 aliphatic carbocycles. The summed E-state index contributed by atoms with van der Waals surface area (Å²) in [6.45, 7) is 0. The van der Waals surface area contributed by atoms with E-state index >= 15 is 0 Å². The van der Waals surface area contributed by atoms with Gasteiger partial charge in [-0.1, -0.05) is 5.16 Å². The quantitative estimate of drug-likeness (QED) is 0.444. The molecule has 0 spiro atoms. The van der Waals surface area contributed by atoms with Crippen LogP contribution in [0.4, 0.5) is 22.4 Å². The van der Waals surface area contributed by atoms with Gasteiger partial charge in [-0.05, 0) is 0 Å². The predicted octanol–water partition coefficient (Wildman–Crippen LogP) is -0.261. The molecule has 4 amide bonds. The van der Waals surface area contributed by atoms with Crippen LogP contribution in [0.5, 0.6) is 5.75 Å². The van der Waals surface area contributed by atoms with Crippen molar-refractivity contribution in [3.8, 4) is 5.75 Å². The number of nitrogens with one attached hydrogen (secondary N) is 2. The Morgan fingerprint density at radius 1 is 0.905 bits per heavy atom. The highest BCUT2D eigenvalue weighted by molar-refractivity contribution is 6.68. The van der Waals surface area contributed by atoms with Gasteiger partial charge in [0.15, 0.2) is 0 Å². The lowest BCUT2D eigenvalue weighted by Gasteiger charge is -2.12. The largest absolute Gasteiger partial charge is 0.349 e. The minimum absolute atomic E-state index is 1.09. The van der Waals surface area contributed by atoms with Gasteiger partial charge in [0.25, 0.3) is 23.7 Å². The number of carbonyl (C=O) groups excluding carboxylic acids is 3. The minimum atomic E-state index is -2.02. The van der Waals surface area contributed by atoms with Gasteiger partial charge in [-0.2, -0.15) is 22.5 Å². The van der Waals surface area contributed by atoms with Gasteiger partial charge in [-0.3, -0.25) is 20.2 Å². The van der Waals surface area contributed by atoms with E-state index in [0.29, 0.717) is 0 Å². The van der Waals surface area contributed by atoms with E-state index in [1.54, 1.807) is 10.6 Å². The second kappa shape index (κ2) is 5.15. The van der Waals surface area contributed by atoms with E-state index in [9.17, 15) is 31.9 Å². The van der Waals surface area contributed by atoms with Crippen molar-refractivity contribution in [2.45, 2.75) is 0 Å². The summed E-state index contributed by atoms with van der Waals surface area (Å²) in [5, 5.41) is 5.91. The zero-order valence-electron chi connectivity index (χ0n) is 9.54. The Kier molecular flexibility index (Phi) is 3.52. The first-order valence-electron chi connectivity index (χ1n) is 4.93. The van der Waals surface area contributed by atoms with E-state index in [2.05, 4.69) is 15.0 Å². The zero-order chi connectivity index (χ0) is 15.7. The zero-order valence-corrected chi connectivity index (χ0v) is 9.54. The summed E-state index contributed by atoms with van der Waals surface area (Å²) in [6, 6.07) is -1.15. The number of amides is 4. The number of hydrogen-bond acceptors (Lipinski definition) is 6. The van der Waals surface area contributed by atoms with Crippen LogP contribution in [0.25, 0.3) is 0 Å². The van der Waals surface area contributed by atoms with Gasteiger partial charge < -0.3 is 4.84 Å². The van der Waals surface area contributed by atoms with Gasteiger partial charge in [0.2, 0.25) is 23.1 Å². The van der Waals surface area contributed by atoms with Crippen molar-refractivity contribution in [3.63, 3.8) is 0 Å². The molecule has 2 rings (SSSR count). The average molecular weight is 306 g/mol. The number of pyridine rings is 1. The lowest BCUT2D eigenvalue weighted by molar-refractivity contribution is -0.119. The molecule has 1 aromatic heterocycles. The van der Waals surface area contributed by atoms with Crippen LogP contribution >= 0.6 is 0 Å². The number of aromatic nitrogens is 1. The van der Waals surface area contributed by atoms with Gasteiger partial charge in [-0.25, -0.2) is 4.79 Å². The van der Waals surface area contributed by atoms with Crippen molar-refractivity contribution in [2.75, 3.05) is 0 Å². The molecule has 1 aliphatic heterocycles. The number of carbonyl (C=O) groups is 3. The van der Waals surface area contributed by atoms with E-state index in [4.69, 9.17) is 0 Å². The molecule has 0 aromatic carbocycles. The van der Waals surface area contributed by atoms with Crippen molar-refractivity contribution in [1.82, 2.24) is 15.6 Å². The monoisotopic (exact) mass is 306 g/mol. The highest BCUT2D eigenvalue weighted by Crippen LogP contribution is 2.24. The fourth-order valence-corrected chi connectivity index (χ4v) is 1.18. The summed E-state index contributed by atoms with van der Waals surface area (Å²) in [4.78, 5) is 39.4. The Labute approximate surface area is 111 Å². The fraction of sp³-hybridized carbons (Fsp3) is 0. The van der Waals surface area contributed by atoms with Crippen molar-refractivity contribution >= 4 is 23.6 Å². The number of oxime groups is 1. The van der Waals surface area contributed by atoms with Gasteiger partial charge in [-0.15, -0.1) is 0 Å². The molecule has 21 heavy (non-hydrogen) atoms. The Morgan fingerprint density at radius 3 is 1.86 bits per heavy atom. The van der Waals surface area contributed by atoms with Crippen molar-refractivity contribution < 1.29 is 36.8 Å². The second-order valence-electron chi connectivity index (χ2n) is 3.42. The van der Waals surface area contributed by atoms with Gasteiger partial charge in [0.05, 0.1) is 0 Å². The number of halogens is 4. The van der Waals surface area contributed by atoms with Crippen LogP contribution < -0.4 is 15.5 Å². The summed E-state index contributed by atoms with van der Waals surface area (Å²) >= 11 is 0. The maximum absolute atomic E-state index is 13.2. The topological polar surface area (TPSA) is 110 Å². The maximum atomic E-state index is 13.2. The first-order valence-corrected chi connectivity index (χ1v) is 4.93. The van der Waals surface area contributed by atoms with Crippen LogP contribution in [-0.2, 0) is 9.59 Å². The molecule has 8 nitrogen and oxygen atoms in total. The summed E-state index contributed by atoms with van der Waals surface area (Å²) in [6.07, 6.45) is 0. The summed E-state index contributed by atoms with van der Waals surface area (Å²) in [5.41, 5.74) is -1.09. The fourth-order valence-electron chi connectivity index (χ4n) is 1.18. The van der Waals surface area contributed by atoms with Crippen LogP contribution in [0.2, 0.25) is 0 Å². The first kappa shape index (κ1) is 14.4.